The van der Waals surface area contributed by atoms with Gasteiger partial charge in [-0.3, -0.25) is 10.1 Å². The number of benzene rings is 2. The van der Waals surface area contributed by atoms with Crippen LogP contribution < -0.4 is 0 Å². The second-order valence-corrected chi connectivity index (χ2v) is 5.31. The third-order valence-electron chi connectivity index (χ3n) is 3.32. The lowest BCUT2D eigenvalue weighted by Gasteiger charge is -2.06. The van der Waals surface area contributed by atoms with Gasteiger partial charge in [-0.05, 0) is 24.1 Å². The highest BCUT2D eigenvalue weighted by atomic mass is 35.5. The fraction of sp³-hybridized carbons (Fsp3) is 0.125. The molecule has 21 heavy (non-hydrogen) atoms. The van der Waals surface area contributed by atoms with E-state index in [4.69, 9.17) is 16.0 Å². The van der Waals surface area contributed by atoms with Gasteiger partial charge in [0.1, 0.15) is 11.3 Å². The molecule has 3 aromatic rings. The predicted molar refractivity (Wildman–Crippen MR) is 81.6 cm³/mol. The van der Waals surface area contributed by atoms with E-state index in [1.54, 1.807) is 12.1 Å². The molecule has 0 aliphatic rings. The first-order chi connectivity index (χ1) is 10.1. The largest absolute Gasteiger partial charge is 0.459 e. The smallest absolute Gasteiger partial charge is 0.269 e. The summed E-state index contributed by atoms with van der Waals surface area (Å²) in [6, 6.07) is 16.1. The Hall–Kier alpha value is -2.33. The van der Waals surface area contributed by atoms with Gasteiger partial charge < -0.3 is 4.42 Å². The number of para-hydroxylation sites is 1. The minimum Gasteiger partial charge on any atom is -0.459 e. The minimum absolute atomic E-state index is 0.0774. The number of nitrogens with zero attached hydrogens (tertiary/aromatic N) is 1. The van der Waals surface area contributed by atoms with Gasteiger partial charge in [0.05, 0.1) is 10.3 Å². The van der Waals surface area contributed by atoms with Crippen LogP contribution in [-0.4, -0.2) is 4.92 Å². The monoisotopic (exact) mass is 301 g/mol. The second-order valence-electron chi connectivity index (χ2n) is 4.78. The molecule has 3 rings (SSSR count). The van der Waals surface area contributed by atoms with Crippen molar-refractivity contribution in [1.29, 1.82) is 0 Å². The molecule has 4 nitrogen and oxygen atoms in total. The SMILES string of the molecule is O=[N+]([O-])c1ccc(CC(Cl)c2cc3ccccc3o2)cc1. The quantitative estimate of drug-likeness (QED) is 0.392. The fourth-order valence-corrected chi connectivity index (χ4v) is 2.50. The fourth-order valence-electron chi connectivity index (χ4n) is 2.22. The Morgan fingerprint density at radius 3 is 2.52 bits per heavy atom. The molecule has 0 saturated heterocycles. The molecule has 0 spiro atoms. The molecule has 1 aromatic heterocycles. The number of rotatable bonds is 4. The molecule has 0 N–H and O–H groups in total. The Morgan fingerprint density at radius 1 is 1.14 bits per heavy atom. The van der Waals surface area contributed by atoms with Crippen LogP contribution in [0.25, 0.3) is 11.0 Å². The zero-order chi connectivity index (χ0) is 14.8. The summed E-state index contributed by atoms with van der Waals surface area (Å²) in [7, 11) is 0. The Morgan fingerprint density at radius 2 is 1.86 bits per heavy atom. The molecule has 1 heterocycles. The molecular weight excluding hydrogens is 290 g/mol. The molecule has 106 valence electrons. The van der Waals surface area contributed by atoms with Crippen LogP contribution in [0.2, 0.25) is 0 Å². The van der Waals surface area contributed by atoms with Crippen molar-refractivity contribution in [1.82, 2.24) is 0 Å². The van der Waals surface area contributed by atoms with Gasteiger partial charge in [-0.15, -0.1) is 11.6 Å². The molecule has 1 unspecified atom stereocenters. The van der Waals surface area contributed by atoms with Crippen molar-refractivity contribution in [2.45, 2.75) is 11.8 Å². The molecule has 5 heteroatoms. The van der Waals surface area contributed by atoms with Gasteiger partial charge in [0.25, 0.3) is 5.69 Å². The predicted octanol–water partition coefficient (Wildman–Crippen LogP) is 4.86. The average Bonchev–Trinajstić information content (AvgIpc) is 2.92. The van der Waals surface area contributed by atoms with Crippen molar-refractivity contribution in [3.05, 3.63) is 76.0 Å². The van der Waals surface area contributed by atoms with E-state index in [2.05, 4.69) is 0 Å². The maximum absolute atomic E-state index is 10.6. The number of hydrogen-bond acceptors (Lipinski definition) is 3. The summed E-state index contributed by atoms with van der Waals surface area (Å²) in [5.74, 6) is 0.705. The average molecular weight is 302 g/mol. The van der Waals surface area contributed by atoms with Crippen LogP contribution in [0.5, 0.6) is 0 Å². The summed E-state index contributed by atoms with van der Waals surface area (Å²) in [6.07, 6.45) is 0.555. The van der Waals surface area contributed by atoms with Crippen LogP contribution in [-0.2, 0) is 6.42 Å². The van der Waals surface area contributed by atoms with E-state index in [9.17, 15) is 10.1 Å². The molecular formula is C16H12ClNO3. The van der Waals surface area contributed by atoms with E-state index in [-0.39, 0.29) is 11.1 Å². The number of hydrogen-bond donors (Lipinski definition) is 0. The number of alkyl halides is 1. The van der Waals surface area contributed by atoms with Gasteiger partial charge in [-0.1, -0.05) is 30.3 Å². The Bertz CT molecular complexity index is 747. The lowest BCUT2D eigenvalue weighted by Crippen LogP contribution is -1.95. The van der Waals surface area contributed by atoms with Gasteiger partial charge in [0.15, 0.2) is 0 Å². The van der Waals surface area contributed by atoms with Crippen LogP contribution in [0.4, 0.5) is 5.69 Å². The molecule has 2 aromatic carbocycles. The van der Waals surface area contributed by atoms with E-state index < -0.39 is 4.92 Å². The number of nitro benzene ring substituents is 1. The maximum atomic E-state index is 10.6. The van der Waals surface area contributed by atoms with Crippen LogP contribution in [0.3, 0.4) is 0 Å². The highest BCUT2D eigenvalue weighted by Crippen LogP contribution is 2.30. The first kappa shape index (κ1) is 13.6. The van der Waals surface area contributed by atoms with E-state index in [1.165, 1.54) is 12.1 Å². The van der Waals surface area contributed by atoms with Crippen LogP contribution >= 0.6 is 11.6 Å². The first-order valence-electron chi connectivity index (χ1n) is 6.49. The molecule has 1 atom stereocenters. The summed E-state index contributed by atoms with van der Waals surface area (Å²) in [5, 5.41) is 11.3. The van der Waals surface area contributed by atoms with Crippen LogP contribution in [0.1, 0.15) is 16.7 Å². The van der Waals surface area contributed by atoms with Gasteiger partial charge in [0.2, 0.25) is 0 Å². The van der Waals surface area contributed by atoms with E-state index in [1.807, 2.05) is 30.3 Å². The molecule has 0 amide bonds. The normalized spacial score (nSPS) is 12.4. The second kappa shape index (κ2) is 5.58. The van der Waals surface area contributed by atoms with Crippen molar-refractivity contribution in [2.24, 2.45) is 0 Å². The van der Waals surface area contributed by atoms with E-state index >= 15 is 0 Å². The van der Waals surface area contributed by atoms with Crippen molar-refractivity contribution in [3.63, 3.8) is 0 Å². The third kappa shape index (κ3) is 2.90. The van der Waals surface area contributed by atoms with E-state index in [0.717, 1.165) is 16.5 Å². The van der Waals surface area contributed by atoms with Gasteiger partial charge >= 0.3 is 0 Å². The Balaban J connectivity index is 1.78. The molecule has 0 radical (unpaired) electrons. The molecule has 0 aliphatic heterocycles. The highest BCUT2D eigenvalue weighted by molar-refractivity contribution is 6.20. The zero-order valence-corrected chi connectivity index (χ0v) is 11.8. The molecule has 0 fully saturated rings. The van der Waals surface area contributed by atoms with Gasteiger partial charge in [0, 0.05) is 17.5 Å². The van der Waals surface area contributed by atoms with Crippen molar-refractivity contribution >= 4 is 28.3 Å². The van der Waals surface area contributed by atoms with Crippen molar-refractivity contribution in [2.75, 3.05) is 0 Å². The summed E-state index contributed by atoms with van der Waals surface area (Å²) in [6.45, 7) is 0. The standard InChI is InChI=1S/C16H12ClNO3/c17-14(9-11-5-7-13(8-6-11)18(19)20)16-10-12-3-1-2-4-15(12)21-16/h1-8,10,14H,9H2. The topological polar surface area (TPSA) is 56.3 Å². The third-order valence-corrected chi connectivity index (χ3v) is 3.68. The summed E-state index contributed by atoms with van der Waals surface area (Å²) in [5.41, 5.74) is 1.82. The van der Waals surface area contributed by atoms with Crippen molar-refractivity contribution in [3.8, 4) is 0 Å². The number of fused-ring (bicyclic) bond motifs is 1. The molecule has 0 aliphatic carbocycles. The summed E-state index contributed by atoms with van der Waals surface area (Å²) in [4.78, 5) is 10.2. The summed E-state index contributed by atoms with van der Waals surface area (Å²) >= 11 is 6.39. The highest BCUT2D eigenvalue weighted by Gasteiger charge is 2.15. The lowest BCUT2D eigenvalue weighted by molar-refractivity contribution is -0.384. The lowest BCUT2D eigenvalue weighted by atomic mass is 10.1. The Kier molecular flexibility index (Phi) is 3.62. The molecule has 0 bridgehead atoms. The number of halogens is 1. The number of furan rings is 1. The summed E-state index contributed by atoms with van der Waals surface area (Å²) < 4.78 is 5.72. The number of non-ortho nitro benzene ring substituents is 1. The molecule has 0 saturated carbocycles. The number of nitro groups is 1. The minimum atomic E-state index is -0.415. The van der Waals surface area contributed by atoms with E-state index in [0.29, 0.717) is 12.2 Å². The first-order valence-corrected chi connectivity index (χ1v) is 6.93. The Labute approximate surface area is 126 Å². The zero-order valence-electron chi connectivity index (χ0n) is 11.0. The van der Waals surface area contributed by atoms with Gasteiger partial charge in [-0.25, -0.2) is 0 Å². The maximum Gasteiger partial charge on any atom is 0.269 e. The van der Waals surface area contributed by atoms with Crippen LogP contribution in [0, 0.1) is 10.1 Å². The van der Waals surface area contributed by atoms with Crippen LogP contribution in [0.15, 0.2) is 59.0 Å². The van der Waals surface area contributed by atoms with Crippen molar-refractivity contribution < 1.29 is 9.34 Å². The van der Waals surface area contributed by atoms with Gasteiger partial charge in [-0.2, -0.15) is 0 Å².